The second-order valence-corrected chi connectivity index (χ2v) is 3.05. The van der Waals surface area contributed by atoms with Gasteiger partial charge in [-0.05, 0) is 6.07 Å². The predicted molar refractivity (Wildman–Crippen MR) is 46.3 cm³/mol. The Morgan fingerprint density at radius 1 is 1.67 bits per heavy atom. The molecule has 0 saturated carbocycles. The van der Waals surface area contributed by atoms with Crippen LogP contribution in [0.25, 0.3) is 0 Å². The summed E-state index contributed by atoms with van der Waals surface area (Å²) in [5.41, 5.74) is 7.39. The van der Waals surface area contributed by atoms with Gasteiger partial charge in [0.1, 0.15) is 0 Å². The van der Waals surface area contributed by atoms with Gasteiger partial charge in [-0.15, -0.1) is 0 Å². The molecule has 4 heteroatoms. The minimum atomic E-state index is 0.424. The molecule has 0 radical (unpaired) electrons. The van der Waals surface area contributed by atoms with Crippen LogP contribution in [-0.4, -0.2) is 11.6 Å². The van der Waals surface area contributed by atoms with E-state index in [4.69, 9.17) is 22.1 Å². The summed E-state index contributed by atoms with van der Waals surface area (Å²) in [5.74, 6) is 0.730. The number of hydrogen-bond donors (Lipinski definition) is 1. The Labute approximate surface area is 75.5 Å². The maximum Gasteiger partial charge on any atom is 0.171 e. The zero-order chi connectivity index (χ0) is 8.55. The summed E-state index contributed by atoms with van der Waals surface area (Å²) in [5, 5.41) is 0.436. The molecule has 64 valence electrons. The molecule has 2 rings (SSSR count). The van der Waals surface area contributed by atoms with Crippen molar-refractivity contribution in [2.45, 2.75) is 13.0 Å². The first-order valence-electron chi connectivity index (χ1n) is 3.82. The number of rotatable bonds is 1. The number of fused-ring (bicyclic) bond motifs is 1. The second-order valence-electron chi connectivity index (χ2n) is 2.70. The topological polar surface area (TPSA) is 48.1 Å². The van der Waals surface area contributed by atoms with Crippen LogP contribution in [0.4, 0.5) is 0 Å². The van der Waals surface area contributed by atoms with Gasteiger partial charge in [0.05, 0.1) is 12.3 Å². The van der Waals surface area contributed by atoms with Gasteiger partial charge in [-0.3, -0.25) is 0 Å². The third-order valence-corrected chi connectivity index (χ3v) is 2.14. The monoisotopic (exact) mass is 184 g/mol. The van der Waals surface area contributed by atoms with E-state index in [1.165, 1.54) is 0 Å². The highest BCUT2D eigenvalue weighted by Crippen LogP contribution is 2.32. The largest absolute Gasteiger partial charge is 0.490 e. The summed E-state index contributed by atoms with van der Waals surface area (Å²) < 4.78 is 5.29. The quantitative estimate of drug-likeness (QED) is 0.666. The first-order valence-corrected chi connectivity index (χ1v) is 4.20. The van der Waals surface area contributed by atoms with E-state index in [1.807, 2.05) is 6.07 Å². The molecule has 1 aliphatic rings. The lowest BCUT2D eigenvalue weighted by molar-refractivity contribution is 0.356. The van der Waals surface area contributed by atoms with E-state index < -0.39 is 0 Å². The fourth-order valence-corrected chi connectivity index (χ4v) is 1.60. The highest BCUT2D eigenvalue weighted by atomic mass is 35.5. The van der Waals surface area contributed by atoms with Crippen LogP contribution in [0.3, 0.4) is 0 Å². The molecule has 0 unspecified atom stereocenters. The van der Waals surface area contributed by atoms with Crippen LogP contribution in [0.5, 0.6) is 5.75 Å². The summed E-state index contributed by atoms with van der Waals surface area (Å²) in [6, 6.07) is 1.95. The van der Waals surface area contributed by atoms with E-state index >= 15 is 0 Å². The molecule has 0 saturated heterocycles. The molecule has 2 N–H and O–H groups in total. The van der Waals surface area contributed by atoms with E-state index in [9.17, 15) is 0 Å². The molecule has 1 aromatic rings. The third-order valence-electron chi connectivity index (χ3n) is 1.89. The van der Waals surface area contributed by atoms with Crippen LogP contribution in [0, 0.1) is 0 Å². The molecule has 1 aromatic heterocycles. The second kappa shape index (κ2) is 2.92. The molecular formula is C8H9ClN2O. The first kappa shape index (κ1) is 7.83. The molecule has 0 aromatic carbocycles. The van der Waals surface area contributed by atoms with E-state index in [2.05, 4.69) is 4.98 Å². The van der Waals surface area contributed by atoms with Crippen molar-refractivity contribution >= 4 is 11.6 Å². The molecule has 3 nitrogen and oxygen atoms in total. The lowest BCUT2D eigenvalue weighted by Crippen LogP contribution is -2.00. The maximum atomic E-state index is 5.86. The average Bonchev–Trinajstić information content (AvgIpc) is 2.52. The highest BCUT2D eigenvalue weighted by molar-refractivity contribution is 6.31. The van der Waals surface area contributed by atoms with Crippen LogP contribution >= 0.6 is 11.6 Å². The average molecular weight is 185 g/mol. The lowest BCUT2D eigenvalue weighted by Gasteiger charge is -2.02. The van der Waals surface area contributed by atoms with Gasteiger partial charge in [0.25, 0.3) is 0 Å². The smallest absolute Gasteiger partial charge is 0.171 e. The van der Waals surface area contributed by atoms with E-state index in [0.29, 0.717) is 18.3 Å². The molecule has 0 amide bonds. The van der Waals surface area contributed by atoms with E-state index in [1.54, 1.807) is 0 Å². The van der Waals surface area contributed by atoms with Crippen molar-refractivity contribution in [1.82, 2.24) is 4.98 Å². The number of halogens is 1. The van der Waals surface area contributed by atoms with E-state index in [-0.39, 0.29) is 0 Å². The SMILES string of the molecule is NCc1cc2c(c(Cl)n1)OCC2. The molecule has 2 heterocycles. The summed E-state index contributed by atoms with van der Waals surface area (Å²) in [6.07, 6.45) is 0.907. The van der Waals surface area contributed by atoms with Crippen molar-refractivity contribution in [1.29, 1.82) is 0 Å². The standard InChI is InChI=1S/C8H9ClN2O/c9-8-7-5(1-2-12-7)3-6(4-10)11-8/h3H,1-2,4,10H2. The fourth-order valence-electron chi connectivity index (χ4n) is 1.31. The van der Waals surface area contributed by atoms with Crippen molar-refractivity contribution in [2.75, 3.05) is 6.61 Å². The number of pyridine rings is 1. The van der Waals surface area contributed by atoms with Gasteiger partial charge in [-0.2, -0.15) is 0 Å². The Morgan fingerprint density at radius 3 is 3.25 bits per heavy atom. The van der Waals surface area contributed by atoms with Crippen LogP contribution in [0.2, 0.25) is 5.15 Å². The Morgan fingerprint density at radius 2 is 2.50 bits per heavy atom. The molecule has 0 spiro atoms. The minimum Gasteiger partial charge on any atom is -0.490 e. The summed E-state index contributed by atoms with van der Waals surface area (Å²) >= 11 is 5.86. The molecule has 0 aliphatic carbocycles. The highest BCUT2D eigenvalue weighted by Gasteiger charge is 2.17. The van der Waals surface area contributed by atoms with Crippen molar-refractivity contribution < 1.29 is 4.74 Å². The fraction of sp³-hybridized carbons (Fsp3) is 0.375. The number of hydrogen-bond acceptors (Lipinski definition) is 3. The van der Waals surface area contributed by atoms with Crippen LogP contribution in [0.15, 0.2) is 6.07 Å². The Hall–Kier alpha value is -0.800. The van der Waals surface area contributed by atoms with Gasteiger partial charge in [0, 0.05) is 18.5 Å². The number of aromatic nitrogens is 1. The zero-order valence-corrected chi connectivity index (χ0v) is 7.27. The number of ether oxygens (including phenoxy) is 1. The van der Waals surface area contributed by atoms with Crippen molar-refractivity contribution in [3.05, 3.63) is 22.5 Å². The Bertz CT molecular complexity index is 314. The molecule has 0 atom stereocenters. The van der Waals surface area contributed by atoms with Crippen molar-refractivity contribution in [2.24, 2.45) is 5.73 Å². The molecule has 0 fully saturated rings. The zero-order valence-electron chi connectivity index (χ0n) is 6.51. The van der Waals surface area contributed by atoms with Crippen molar-refractivity contribution in [3.63, 3.8) is 0 Å². The minimum absolute atomic E-state index is 0.424. The van der Waals surface area contributed by atoms with Crippen LogP contribution in [0.1, 0.15) is 11.3 Å². The molecule has 0 bridgehead atoms. The van der Waals surface area contributed by atoms with Crippen LogP contribution in [-0.2, 0) is 13.0 Å². The summed E-state index contributed by atoms with van der Waals surface area (Å²) in [7, 11) is 0. The van der Waals surface area contributed by atoms with Gasteiger partial charge in [-0.25, -0.2) is 4.98 Å². The van der Waals surface area contributed by atoms with Crippen LogP contribution < -0.4 is 10.5 Å². The Kier molecular flexibility index (Phi) is 1.90. The molecular weight excluding hydrogens is 176 g/mol. The first-order chi connectivity index (χ1) is 5.81. The van der Waals surface area contributed by atoms with Crippen molar-refractivity contribution in [3.8, 4) is 5.75 Å². The van der Waals surface area contributed by atoms with Gasteiger partial charge in [0.2, 0.25) is 0 Å². The summed E-state index contributed by atoms with van der Waals surface area (Å²) in [6.45, 7) is 1.12. The lowest BCUT2D eigenvalue weighted by atomic mass is 10.2. The number of nitrogens with two attached hydrogens (primary N) is 1. The van der Waals surface area contributed by atoms with Gasteiger partial charge in [0.15, 0.2) is 10.9 Å². The van der Waals surface area contributed by atoms with Gasteiger partial charge in [-0.1, -0.05) is 11.6 Å². The van der Waals surface area contributed by atoms with Gasteiger partial charge >= 0.3 is 0 Å². The molecule has 12 heavy (non-hydrogen) atoms. The Balaban J connectivity index is 2.51. The maximum absolute atomic E-state index is 5.86. The van der Waals surface area contributed by atoms with E-state index in [0.717, 1.165) is 23.4 Å². The molecule has 1 aliphatic heterocycles. The normalized spacial score (nSPS) is 14.2. The summed E-state index contributed by atoms with van der Waals surface area (Å²) in [4.78, 5) is 4.08. The number of nitrogens with zero attached hydrogens (tertiary/aromatic N) is 1. The third kappa shape index (κ3) is 1.15. The predicted octanol–water partition coefficient (Wildman–Crippen LogP) is 1.13. The van der Waals surface area contributed by atoms with Gasteiger partial charge < -0.3 is 10.5 Å².